The van der Waals surface area contributed by atoms with Crippen LogP contribution in [-0.4, -0.2) is 76.8 Å². The van der Waals surface area contributed by atoms with Gasteiger partial charge in [0.05, 0.1) is 28.5 Å². The second-order valence-electron chi connectivity index (χ2n) is 11.8. The standard InChI is InChI=1S/C36H39N5O8/c1-21(2)32(43)39-35-38-31-28(33(44)40-35)37-20-41(31)34-30(47-5)29(42)27(49-34)19-48-36(22-9-7-6-8-10-22,23-11-15-25(45-3)16-12-23)24-13-17-26(46-4)18-14-24/h6-18,20-21,27,29-30,34,42H,19H2,1-5H3,(H2,38,39,40,43,44)/t27-,29-,30-,34-/m1/s1/i29D. The van der Waals surface area contributed by atoms with Gasteiger partial charge in [0, 0.05) is 13.0 Å². The first-order chi connectivity index (χ1) is 24.0. The molecule has 5 aromatic rings. The van der Waals surface area contributed by atoms with E-state index in [9.17, 15) is 14.7 Å². The van der Waals surface area contributed by atoms with Crippen LogP contribution in [-0.2, 0) is 24.6 Å². The Balaban J connectivity index is 1.41. The van der Waals surface area contributed by atoms with Crippen molar-refractivity contribution in [1.82, 2.24) is 19.5 Å². The molecule has 1 aliphatic heterocycles. The van der Waals surface area contributed by atoms with Gasteiger partial charge in [-0.1, -0.05) is 68.4 Å². The van der Waals surface area contributed by atoms with Gasteiger partial charge in [0.15, 0.2) is 17.4 Å². The maximum absolute atomic E-state index is 12.9. The van der Waals surface area contributed by atoms with Crippen LogP contribution in [0.3, 0.4) is 0 Å². The van der Waals surface area contributed by atoms with E-state index >= 15 is 0 Å². The molecule has 4 atom stereocenters. The SMILES string of the molecule is [2H][C@@]1(O)[C@@H](COC(c2ccccc2)(c2ccc(OC)cc2)c2ccc(OC)cc2)O[C@@H](n2cnc3c(=O)[nH]c(NC(=O)C(C)C)nc32)[C@@H]1OC. The molecule has 0 aliphatic carbocycles. The van der Waals surface area contributed by atoms with Crippen molar-refractivity contribution >= 4 is 23.0 Å². The summed E-state index contributed by atoms with van der Waals surface area (Å²) in [6, 6.07) is 24.5. The third kappa shape index (κ3) is 6.41. The molecule has 1 saturated heterocycles. The van der Waals surface area contributed by atoms with Crippen LogP contribution >= 0.6 is 0 Å². The lowest BCUT2D eigenvalue weighted by molar-refractivity contribution is -0.118. The van der Waals surface area contributed by atoms with E-state index in [1.807, 2.05) is 78.9 Å². The molecule has 0 saturated carbocycles. The predicted octanol–water partition coefficient (Wildman–Crippen LogP) is 4.01. The molecular formula is C36H39N5O8. The summed E-state index contributed by atoms with van der Waals surface area (Å²) in [6.45, 7) is 3.14. The molecule has 1 amide bonds. The summed E-state index contributed by atoms with van der Waals surface area (Å²) in [5.41, 5.74) is 0.477. The maximum atomic E-state index is 12.9. The number of carbonyl (C=O) groups excluding carboxylic acids is 1. The molecule has 0 radical (unpaired) electrons. The van der Waals surface area contributed by atoms with Gasteiger partial charge in [-0.25, -0.2) is 4.98 Å². The van der Waals surface area contributed by atoms with E-state index in [-0.39, 0.29) is 35.5 Å². The zero-order valence-electron chi connectivity index (χ0n) is 28.7. The highest BCUT2D eigenvalue weighted by atomic mass is 16.6. The maximum Gasteiger partial charge on any atom is 0.280 e. The van der Waals surface area contributed by atoms with E-state index in [0.29, 0.717) is 11.5 Å². The number of aliphatic hydroxyl groups is 1. The summed E-state index contributed by atoms with van der Waals surface area (Å²) >= 11 is 0. The number of hydrogen-bond acceptors (Lipinski definition) is 10. The van der Waals surface area contributed by atoms with Gasteiger partial charge in [0.1, 0.15) is 35.4 Å². The van der Waals surface area contributed by atoms with Crippen molar-refractivity contribution in [1.29, 1.82) is 0 Å². The highest BCUT2D eigenvalue weighted by Gasteiger charge is 2.48. The predicted molar refractivity (Wildman–Crippen MR) is 181 cm³/mol. The first kappa shape index (κ1) is 32.5. The highest BCUT2D eigenvalue weighted by molar-refractivity contribution is 5.91. The molecule has 0 unspecified atom stereocenters. The van der Waals surface area contributed by atoms with Crippen molar-refractivity contribution in [3.8, 4) is 11.5 Å². The number of H-pyrrole nitrogens is 1. The summed E-state index contributed by atoms with van der Waals surface area (Å²) in [5, 5.41) is 14.3. The zero-order chi connectivity index (χ0) is 35.6. The lowest BCUT2D eigenvalue weighted by Gasteiger charge is -2.37. The fourth-order valence-electron chi connectivity index (χ4n) is 5.92. The molecule has 3 aromatic carbocycles. The Morgan fingerprint density at radius 3 is 2.14 bits per heavy atom. The number of carbonyl (C=O) groups is 1. The number of imidazole rings is 1. The van der Waals surface area contributed by atoms with Crippen LogP contribution in [0.1, 0.15) is 38.1 Å². The topological polar surface area (TPSA) is 159 Å². The van der Waals surface area contributed by atoms with E-state index < -0.39 is 35.7 Å². The molecule has 49 heavy (non-hydrogen) atoms. The summed E-state index contributed by atoms with van der Waals surface area (Å²) in [5.74, 6) is 0.516. The van der Waals surface area contributed by atoms with Gasteiger partial charge in [-0.05, 0) is 41.0 Å². The molecule has 2 aromatic heterocycles. The third-order valence-corrected chi connectivity index (χ3v) is 8.54. The zero-order valence-corrected chi connectivity index (χ0v) is 27.7. The number of amides is 1. The molecule has 256 valence electrons. The number of nitrogens with zero attached hydrogens (tertiary/aromatic N) is 3. The van der Waals surface area contributed by atoms with E-state index in [0.717, 1.165) is 16.7 Å². The number of hydrogen-bond donors (Lipinski definition) is 3. The molecule has 1 fully saturated rings. The monoisotopic (exact) mass is 670 g/mol. The summed E-state index contributed by atoms with van der Waals surface area (Å²) in [7, 11) is 4.53. The normalized spacial score (nSPS) is 21.1. The Labute approximate surface area is 284 Å². The van der Waals surface area contributed by atoms with Crippen LogP contribution in [0.15, 0.2) is 90.0 Å². The van der Waals surface area contributed by atoms with E-state index in [4.69, 9.17) is 25.1 Å². The molecule has 3 heterocycles. The number of benzene rings is 3. The molecule has 13 nitrogen and oxygen atoms in total. The Morgan fingerprint density at radius 2 is 1.59 bits per heavy atom. The smallest absolute Gasteiger partial charge is 0.280 e. The van der Waals surface area contributed by atoms with Crippen LogP contribution in [0.25, 0.3) is 11.2 Å². The van der Waals surface area contributed by atoms with Crippen molar-refractivity contribution in [3.63, 3.8) is 0 Å². The average Bonchev–Trinajstić information content (AvgIpc) is 3.66. The van der Waals surface area contributed by atoms with Gasteiger partial charge >= 0.3 is 0 Å². The Bertz CT molecular complexity index is 1950. The van der Waals surface area contributed by atoms with Crippen LogP contribution in [0, 0.1) is 5.92 Å². The van der Waals surface area contributed by atoms with Crippen LogP contribution in [0.2, 0.25) is 0 Å². The minimum atomic E-state index is -2.34. The van der Waals surface area contributed by atoms with E-state index in [2.05, 4.69) is 20.3 Å². The van der Waals surface area contributed by atoms with Crippen molar-refractivity contribution in [3.05, 3.63) is 112 Å². The summed E-state index contributed by atoms with van der Waals surface area (Å²) in [4.78, 5) is 36.4. The number of aromatic amines is 1. The first-order valence-electron chi connectivity index (χ1n) is 16.2. The first-order valence-corrected chi connectivity index (χ1v) is 15.7. The summed E-state index contributed by atoms with van der Waals surface area (Å²) in [6.07, 6.45) is -4.71. The van der Waals surface area contributed by atoms with E-state index in [1.54, 1.807) is 28.1 Å². The van der Waals surface area contributed by atoms with Gasteiger partial charge in [-0.3, -0.25) is 24.5 Å². The van der Waals surface area contributed by atoms with E-state index in [1.165, 1.54) is 18.0 Å². The van der Waals surface area contributed by atoms with Crippen molar-refractivity contribution < 1.29 is 35.0 Å². The largest absolute Gasteiger partial charge is 0.497 e. The average molecular weight is 671 g/mol. The Kier molecular flexibility index (Phi) is 9.40. The number of aromatic nitrogens is 4. The molecule has 13 heteroatoms. The number of methoxy groups -OCH3 is 3. The van der Waals surface area contributed by atoms with Crippen LogP contribution in [0.4, 0.5) is 5.95 Å². The minimum absolute atomic E-state index is 0.0266. The lowest BCUT2D eigenvalue weighted by atomic mass is 9.80. The number of nitrogens with one attached hydrogen (secondary N) is 2. The second kappa shape index (κ2) is 14.2. The summed E-state index contributed by atoms with van der Waals surface area (Å²) < 4.78 is 40.3. The number of ether oxygens (including phenoxy) is 5. The molecular weight excluding hydrogens is 630 g/mol. The second-order valence-corrected chi connectivity index (χ2v) is 11.8. The number of rotatable bonds is 12. The lowest BCUT2D eigenvalue weighted by Crippen LogP contribution is -2.40. The Hall–Kier alpha value is -5.08. The molecule has 3 N–H and O–H groups in total. The highest BCUT2D eigenvalue weighted by Crippen LogP contribution is 2.43. The van der Waals surface area contributed by atoms with Gasteiger partial charge in [0.2, 0.25) is 11.9 Å². The van der Waals surface area contributed by atoms with Gasteiger partial charge in [0.25, 0.3) is 5.56 Å². The molecule has 0 spiro atoms. The van der Waals surface area contributed by atoms with Gasteiger partial charge in [-0.2, -0.15) is 4.98 Å². The molecule has 0 bridgehead atoms. The van der Waals surface area contributed by atoms with Crippen molar-refractivity contribution in [2.24, 2.45) is 5.92 Å². The van der Waals surface area contributed by atoms with Gasteiger partial charge in [-0.15, -0.1) is 0 Å². The quantitative estimate of drug-likeness (QED) is 0.166. The fraction of sp³-hybridized carbons (Fsp3) is 0.333. The molecule has 6 rings (SSSR count). The van der Waals surface area contributed by atoms with Crippen LogP contribution in [0.5, 0.6) is 11.5 Å². The number of anilines is 1. The van der Waals surface area contributed by atoms with Crippen LogP contribution < -0.4 is 20.3 Å². The third-order valence-electron chi connectivity index (χ3n) is 8.54. The Morgan fingerprint density at radius 1 is 1.00 bits per heavy atom. The molecule has 1 aliphatic rings. The number of fused-ring (bicyclic) bond motifs is 1. The van der Waals surface area contributed by atoms with Crippen molar-refractivity contribution in [2.75, 3.05) is 33.3 Å². The van der Waals surface area contributed by atoms with Crippen molar-refractivity contribution in [2.45, 2.75) is 44.0 Å². The minimum Gasteiger partial charge on any atom is -0.497 e. The fourth-order valence-corrected chi connectivity index (χ4v) is 5.92. The van der Waals surface area contributed by atoms with Gasteiger partial charge < -0.3 is 28.8 Å².